The normalized spacial score (nSPS) is 16.3. The first-order valence-electron chi connectivity index (χ1n) is 6.89. The van der Waals surface area contributed by atoms with Gasteiger partial charge in [-0.15, -0.1) is 0 Å². The van der Waals surface area contributed by atoms with Crippen molar-refractivity contribution in [3.8, 4) is 5.75 Å². The lowest BCUT2D eigenvalue weighted by Crippen LogP contribution is -2.32. The number of carbonyl (C=O) groups excluding carboxylic acids is 1. The van der Waals surface area contributed by atoms with Crippen molar-refractivity contribution in [1.82, 2.24) is 5.32 Å². The van der Waals surface area contributed by atoms with E-state index in [1.807, 2.05) is 6.92 Å². The Balaban J connectivity index is 2.20. The van der Waals surface area contributed by atoms with Crippen LogP contribution in [-0.4, -0.2) is 25.5 Å². The van der Waals surface area contributed by atoms with Crippen LogP contribution in [-0.2, 0) is 0 Å². The van der Waals surface area contributed by atoms with Crippen LogP contribution in [0.2, 0.25) is 0 Å². The van der Waals surface area contributed by atoms with Crippen molar-refractivity contribution in [3.63, 3.8) is 0 Å². The average molecular weight is 265 g/mol. The van der Waals surface area contributed by atoms with Gasteiger partial charge in [-0.3, -0.25) is 4.79 Å². The molecule has 1 heterocycles. The number of halogens is 1. The van der Waals surface area contributed by atoms with Crippen molar-refractivity contribution in [1.29, 1.82) is 0 Å². The lowest BCUT2D eigenvalue weighted by Gasteiger charge is -2.22. The van der Waals surface area contributed by atoms with Gasteiger partial charge in [-0.1, -0.05) is 6.92 Å². The summed E-state index contributed by atoms with van der Waals surface area (Å²) in [7, 11) is 0. The summed E-state index contributed by atoms with van der Waals surface area (Å²) < 4.78 is 18.9. The summed E-state index contributed by atoms with van der Waals surface area (Å²) in [5.41, 5.74) is 0.389. The van der Waals surface area contributed by atoms with Gasteiger partial charge in [0.2, 0.25) is 0 Å². The van der Waals surface area contributed by atoms with Crippen LogP contribution < -0.4 is 10.1 Å². The van der Waals surface area contributed by atoms with E-state index in [4.69, 9.17) is 4.74 Å². The Bertz CT molecular complexity index is 442. The van der Waals surface area contributed by atoms with E-state index < -0.39 is 0 Å². The van der Waals surface area contributed by atoms with Gasteiger partial charge in [0.15, 0.2) is 5.78 Å². The minimum atomic E-state index is -0.388. The molecule has 0 radical (unpaired) electrons. The number of nitrogens with one attached hydrogen (secondary N) is 1. The van der Waals surface area contributed by atoms with E-state index >= 15 is 0 Å². The number of Topliss-reactive ketones (excluding diaryl/α,β-unsaturated/α-hetero) is 1. The first-order valence-corrected chi connectivity index (χ1v) is 6.89. The van der Waals surface area contributed by atoms with Crippen molar-refractivity contribution < 1.29 is 13.9 Å². The Morgan fingerprint density at radius 2 is 2.16 bits per heavy atom. The molecule has 1 N–H and O–H groups in total. The third kappa shape index (κ3) is 3.53. The van der Waals surface area contributed by atoms with Crippen molar-refractivity contribution in [2.45, 2.75) is 26.2 Å². The Morgan fingerprint density at radius 1 is 1.42 bits per heavy atom. The molecule has 0 aromatic heterocycles. The predicted octanol–water partition coefficient (Wildman–Crippen LogP) is 2.80. The summed E-state index contributed by atoms with van der Waals surface area (Å²) in [6.45, 7) is 4.23. The second kappa shape index (κ2) is 6.66. The molecule has 19 heavy (non-hydrogen) atoms. The highest BCUT2D eigenvalue weighted by atomic mass is 19.1. The maximum absolute atomic E-state index is 13.4. The van der Waals surface area contributed by atoms with Crippen LogP contribution in [0, 0.1) is 11.7 Å². The zero-order chi connectivity index (χ0) is 13.7. The highest BCUT2D eigenvalue weighted by molar-refractivity contribution is 6.00. The Labute approximate surface area is 113 Å². The third-order valence-corrected chi connectivity index (χ3v) is 3.38. The Kier molecular flexibility index (Phi) is 4.91. The molecule has 1 aromatic carbocycles. The molecule has 3 nitrogen and oxygen atoms in total. The number of piperidine rings is 1. The fourth-order valence-corrected chi connectivity index (χ4v) is 2.34. The highest BCUT2D eigenvalue weighted by Gasteiger charge is 2.25. The van der Waals surface area contributed by atoms with Crippen LogP contribution in [0.4, 0.5) is 4.39 Å². The third-order valence-electron chi connectivity index (χ3n) is 3.38. The van der Waals surface area contributed by atoms with E-state index in [-0.39, 0.29) is 17.5 Å². The molecular formula is C15H20FNO2. The summed E-state index contributed by atoms with van der Waals surface area (Å²) in [4.78, 5) is 12.5. The zero-order valence-corrected chi connectivity index (χ0v) is 11.2. The molecule has 1 fully saturated rings. The van der Waals surface area contributed by atoms with Crippen LogP contribution >= 0.6 is 0 Å². The standard InChI is InChI=1S/C15H20FNO2/c1-2-9-19-14-4-3-12(16)10-13(14)15(18)11-5-7-17-8-6-11/h3-4,10-11,17H,2,5-9H2,1H3. The lowest BCUT2D eigenvalue weighted by molar-refractivity contribution is 0.0890. The van der Waals surface area contributed by atoms with E-state index in [0.717, 1.165) is 32.4 Å². The molecule has 1 aliphatic rings. The van der Waals surface area contributed by atoms with E-state index in [1.54, 1.807) is 6.07 Å². The molecule has 0 spiro atoms. The van der Waals surface area contributed by atoms with E-state index in [9.17, 15) is 9.18 Å². The minimum absolute atomic E-state index is 0.00658. The molecule has 1 saturated heterocycles. The topological polar surface area (TPSA) is 38.3 Å². The van der Waals surface area contributed by atoms with E-state index in [0.29, 0.717) is 17.9 Å². The SMILES string of the molecule is CCCOc1ccc(F)cc1C(=O)C1CCNCC1. The fraction of sp³-hybridized carbons (Fsp3) is 0.533. The van der Waals surface area contributed by atoms with Gasteiger partial charge in [-0.2, -0.15) is 0 Å². The smallest absolute Gasteiger partial charge is 0.169 e. The Hall–Kier alpha value is -1.42. The molecule has 0 atom stereocenters. The molecule has 0 amide bonds. The molecule has 0 unspecified atom stereocenters. The Morgan fingerprint density at radius 3 is 2.84 bits per heavy atom. The number of rotatable bonds is 5. The first-order chi connectivity index (χ1) is 9.22. The summed E-state index contributed by atoms with van der Waals surface area (Å²) in [5, 5.41) is 3.22. The maximum Gasteiger partial charge on any atom is 0.169 e. The van der Waals surface area contributed by atoms with Crippen LogP contribution in [0.15, 0.2) is 18.2 Å². The number of ether oxygens (including phenoxy) is 1. The zero-order valence-electron chi connectivity index (χ0n) is 11.2. The fourth-order valence-electron chi connectivity index (χ4n) is 2.34. The molecule has 0 bridgehead atoms. The van der Waals surface area contributed by atoms with Gasteiger partial charge in [0, 0.05) is 5.92 Å². The average Bonchev–Trinajstić information content (AvgIpc) is 2.46. The van der Waals surface area contributed by atoms with Crippen LogP contribution in [0.25, 0.3) is 0 Å². The lowest BCUT2D eigenvalue weighted by atomic mass is 9.89. The van der Waals surface area contributed by atoms with E-state index in [1.165, 1.54) is 12.1 Å². The number of hydrogen-bond acceptors (Lipinski definition) is 3. The van der Waals surface area contributed by atoms with Gasteiger partial charge < -0.3 is 10.1 Å². The first kappa shape index (κ1) is 14.0. The van der Waals surface area contributed by atoms with Gasteiger partial charge in [-0.25, -0.2) is 4.39 Å². The summed E-state index contributed by atoms with van der Waals surface area (Å²) in [6, 6.07) is 4.19. The van der Waals surface area contributed by atoms with Crippen LogP contribution in [0.1, 0.15) is 36.5 Å². The second-order valence-electron chi connectivity index (χ2n) is 4.88. The van der Waals surface area contributed by atoms with Gasteiger partial charge in [-0.05, 0) is 50.6 Å². The van der Waals surface area contributed by atoms with Crippen molar-refractivity contribution in [2.24, 2.45) is 5.92 Å². The predicted molar refractivity (Wildman–Crippen MR) is 72.1 cm³/mol. The molecule has 0 aliphatic carbocycles. The van der Waals surface area contributed by atoms with Crippen LogP contribution in [0.5, 0.6) is 5.75 Å². The molecule has 104 valence electrons. The maximum atomic E-state index is 13.4. The van der Waals surface area contributed by atoms with Gasteiger partial charge in [0.25, 0.3) is 0 Å². The molecule has 4 heteroatoms. The van der Waals surface area contributed by atoms with Crippen molar-refractivity contribution in [2.75, 3.05) is 19.7 Å². The van der Waals surface area contributed by atoms with Gasteiger partial charge in [0.1, 0.15) is 11.6 Å². The van der Waals surface area contributed by atoms with Gasteiger partial charge in [0.05, 0.1) is 12.2 Å². The molecule has 0 saturated carbocycles. The quantitative estimate of drug-likeness (QED) is 0.832. The molecular weight excluding hydrogens is 245 g/mol. The number of ketones is 1. The second-order valence-corrected chi connectivity index (χ2v) is 4.88. The van der Waals surface area contributed by atoms with Gasteiger partial charge >= 0.3 is 0 Å². The van der Waals surface area contributed by atoms with Crippen LogP contribution in [0.3, 0.4) is 0 Å². The summed E-state index contributed by atoms with van der Waals surface area (Å²) >= 11 is 0. The van der Waals surface area contributed by atoms with Crippen molar-refractivity contribution in [3.05, 3.63) is 29.6 Å². The molecule has 1 aromatic rings. The largest absolute Gasteiger partial charge is 0.493 e. The number of hydrogen-bond donors (Lipinski definition) is 1. The van der Waals surface area contributed by atoms with E-state index in [2.05, 4.69) is 5.32 Å². The number of carbonyl (C=O) groups is 1. The molecule has 1 aliphatic heterocycles. The number of benzene rings is 1. The molecule has 2 rings (SSSR count). The summed E-state index contributed by atoms with van der Waals surface area (Å²) in [6.07, 6.45) is 2.48. The highest BCUT2D eigenvalue weighted by Crippen LogP contribution is 2.26. The summed E-state index contributed by atoms with van der Waals surface area (Å²) in [5.74, 6) is 0.104. The minimum Gasteiger partial charge on any atom is -0.493 e. The van der Waals surface area contributed by atoms with Crippen molar-refractivity contribution >= 4 is 5.78 Å². The monoisotopic (exact) mass is 265 g/mol.